The maximum Gasteiger partial charge on any atom is 0.0618 e. The van der Waals surface area contributed by atoms with Crippen LogP contribution in [0.5, 0.6) is 0 Å². The number of hydrogen-bond acceptors (Lipinski definition) is 1. The molecule has 0 atom stereocenters. The van der Waals surface area contributed by atoms with Crippen LogP contribution in [0.3, 0.4) is 0 Å². The fourth-order valence-electron chi connectivity index (χ4n) is 8.92. The van der Waals surface area contributed by atoms with Crippen molar-refractivity contribution in [2.45, 2.75) is 85.5 Å². The van der Waals surface area contributed by atoms with Gasteiger partial charge in [-0.3, -0.25) is 0 Å². The fourth-order valence-corrected chi connectivity index (χ4v) is 8.92. The molecule has 0 spiro atoms. The number of rotatable bonds is 4. The summed E-state index contributed by atoms with van der Waals surface area (Å²) < 4.78 is 0. The van der Waals surface area contributed by atoms with Gasteiger partial charge in [0.05, 0.1) is 5.69 Å². The van der Waals surface area contributed by atoms with Crippen molar-refractivity contribution in [2.75, 3.05) is 4.90 Å². The fraction of sp³-hybridized carbons (Fsp3) is 0.236. The molecule has 9 aromatic carbocycles. The topological polar surface area (TPSA) is 3.24 Å². The Balaban J connectivity index is 1.34. The SMILES string of the molecule is Cc1cc(-c2cccc3c(N(c4ccc(C(C)(C)C)cc4)c4ccc(C(C)(C)C)cc4)c4ccccc4cc23)c2ccc3cc(C(C)(C)C)cc4ccc1c2c43. The van der Waals surface area contributed by atoms with Crippen molar-refractivity contribution in [2.24, 2.45) is 0 Å². The van der Waals surface area contributed by atoms with E-state index >= 15 is 0 Å². The summed E-state index contributed by atoms with van der Waals surface area (Å²) in [6, 6.07) is 53.4. The molecule has 0 bridgehead atoms. The standard InChI is InChI=1S/C55H53N/c1-34-30-48(46-29-19-37-32-40(55(8,9)10)31-36-18-28-43(34)51(46)50(36)37)45-16-13-17-47-49(45)33-35-14-11-12-15-44(35)52(47)56(41-24-20-38(21-25-41)53(2,3)4)42-26-22-39(23-27-42)54(5,6)7/h11-33H,1-10H3. The van der Waals surface area contributed by atoms with E-state index in [1.807, 2.05) is 0 Å². The molecule has 0 aliphatic carbocycles. The lowest BCUT2D eigenvalue weighted by atomic mass is 9.82. The summed E-state index contributed by atoms with van der Waals surface area (Å²) in [7, 11) is 0. The molecule has 56 heavy (non-hydrogen) atoms. The highest BCUT2D eigenvalue weighted by Gasteiger charge is 2.24. The Labute approximate surface area is 332 Å². The molecule has 0 saturated heterocycles. The molecule has 1 nitrogen and oxygen atoms in total. The molecular formula is C55H53N. The molecule has 1 heteroatoms. The van der Waals surface area contributed by atoms with Gasteiger partial charge in [-0.25, -0.2) is 0 Å². The van der Waals surface area contributed by atoms with Crippen LogP contribution in [0.15, 0.2) is 140 Å². The molecule has 0 heterocycles. The summed E-state index contributed by atoms with van der Waals surface area (Å²) >= 11 is 0. The Kier molecular flexibility index (Phi) is 8.16. The van der Waals surface area contributed by atoms with E-state index in [2.05, 4.69) is 214 Å². The molecule has 278 valence electrons. The van der Waals surface area contributed by atoms with E-state index in [9.17, 15) is 0 Å². The van der Waals surface area contributed by atoms with Crippen molar-refractivity contribution in [1.29, 1.82) is 0 Å². The Morgan fingerprint density at radius 2 is 0.893 bits per heavy atom. The summed E-state index contributed by atoms with van der Waals surface area (Å²) in [4.78, 5) is 2.50. The number of nitrogens with zero attached hydrogens (tertiary/aromatic N) is 1. The number of benzene rings is 9. The molecule has 0 aliphatic rings. The highest BCUT2D eigenvalue weighted by molar-refractivity contribution is 6.28. The average Bonchev–Trinajstić information content (AvgIpc) is 3.16. The Hall–Kier alpha value is -5.66. The molecule has 0 aromatic heterocycles. The van der Waals surface area contributed by atoms with Gasteiger partial charge in [0.15, 0.2) is 0 Å². The first-order valence-corrected chi connectivity index (χ1v) is 20.3. The Bertz CT molecular complexity index is 2860. The first kappa shape index (κ1) is 36.0. The molecule has 0 unspecified atom stereocenters. The molecule has 0 fully saturated rings. The van der Waals surface area contributed by atoms with E-state index in [0.29, 0.717) is 0 Å². The van der Waals surface area contributed by atoms with Crippen LogP contribution < -0.4 is 4.90 Å². The van der Waals surface area contributed by atoms with Gasteiger partial charge in [-0.1, -0.05) is 172 Å². The van der Waals surface area contributed by atoms with Crippen LogP contribution in [-0.2, 0) is 16.2 Å². The first-order chi connectivity index (χ1) is 26.6. The zero-order chi connectivity index (χ0) is 39.3. The van der Waals surface area contributed by atoms with Gasteiger partial charge in [-0.15, -0.1) is 0 Å². The second-order valence-corrected chi connectivity index (χ2v) is 19.2. The highest BCUT2D eigenvalue weighted by atomic mass is 15.1. The minimum Gasteiger partial charge on any atom is -0.309 e. The predicted molar refractivity (Wildman–Crippen MR) is 246 cm³/mol. The lowest BCUT2D eigenvalue weighted by molar-refractivity contribution is 0.590. The summed E-state index contributed by atoms with van der Waals surface area (Å²) in [6.07, 6.45) is 0. The summed E-state index contributed by atoms with van der Waals surface area (Å²) in [5.74, 6) is 0. The van der Waals surface area contributed by atoms with E-state index in [1.54, 1.807) is 0 Å². The van der Waals surface area contributed by atoms with Crippen LogP contribution in [-0.4, -0.2) is 0 Å². The van der Waals surface area contributed by atoms with E-state index < -0.39 is 0 Å². The van der Waals surface area contributed by atoms with Gasteiger partial charge < -0.3 is 4.90 Å². The van der Waals surface area contributed by atoms with Crippen LogP contribution in [0.4, 0.5) is 17.1 Å². The normalized spacial score (nSPS) is 12.8. The zero-order valence-electron chi connectivity index (χ0n) is 34.7. The van der Waals surface area contributed by atoms with Crippen molar-refractivity contribution >= 4 is 70.9 Å². The lowest BCUT2D eigenvalue weighted by Gasteiger charge is -2.30. The van der Waals surface area contributed by atoms with Gasteiger partial charge in [0.2, 0.25) is 0 Å². The maximum atomic E-state index is 2.50. The third-order valence-electron chi connectivity index (χ3n) is 12.2. The highest BCUT2D eigenvalue weighted by Crippen LogP contribution is 2.49. The number of fused-ring (bicyclic) bond motifs is 2. The smallest absolute Gasteiger partial charge is 0.0618 e. The van der Waals surface area contributed by atoms with Crippen molar-refractivity contribution < 1.29 is 0 Å². The Morgan fingerprint density at radius 1 is 0.357 bits per heavy atom. The van der Waals surface area contributed by atoms with Gasteiger partial charge in [0, 0.05) is 22.1 Å². The third-order valence-corrected chi connectivity index (χ3v) is 12.2. The second-order valence-electron chi connectivity index (χ2n) is 19.2. The van der Waals surface area contributed by atoms with Crippen molar-refractivity contribution in [3.8, 4) is 11.1 Å². The minimum atomic E-state index is 0.0620. The van der Waals surface area contributed by atoms with Crippen LogP contribution in [0.1, 0.15) is 84.6 Å². The van der Waals surface area contributed by atoms with Gasteiger partial charge in [-0.2, -0.15) is 0 Å². The maximum absolute atomic E-state index is 2.50. The van der Waals surface area contributed by atoms with E-state index in [0.717, 1.165) is 11.4 Å². The predicted octanol–water partition coefficient (Wildman–Crippen LogP) is 16.2. The van der Waals surface area contributed by atoms with Gasteiger partial charge in [0.25, 0.3) is 0 Å². The summed E-state index contributed by atoms with van der Waals surface area (Å²) in [5.41, 5.74) is 11.6. The summed E-state index contributed by atoms with van der Waals surface area (Å²) in [5, 5.41) is 13.0. The van der Waals surface area contributed by atoms with Crippen molar-refractivity contribution in [1.82, 2.24) is 0 Å². The molecule has 0 aliphatic heterocycles. The molecule has 0 amide bonds. The van der Waals surface area contributed by atoms with Crippen LogP contribution in [0, 0.1) is 6.92 Å². The van der Waals surface area contributed by atoms with Crippen molar-refractivity contribution in [3.63, 3.8) is 0 Å². The monoisotopic (exact) mass is 727 g/mol. The molecule has 0 N–H and O–H groups in total. The quantitative estimate of drug-likeness (QED) is 0.129. The van der Waals surface area contributed by atoms with E-state index in [4.69, 9.17) is 0 Å². The molecule has 0 radical (unpaired) electrons. The van der Waals surface area contributed by atoms with E-state index in [-0.39, 0.29) is 16.2 Å². The number of anilines is 3. The molecule has 9 aromatic rings. The Morgan fingerprint density at radius 3 is 1.46 bits per heavy atom. The van der Waals surface area contributed by atoms with Gasteiger partial charge in [-0.05, 0) is 130 Å². The first-order valence-electron chi connectivity index (χ1n) is 20.3. The van der Waals surface area contributed by atoms with E-state index in [1.165, 1.54) is 92.9 Å². The largest absolute Gasteiger partial charge is 0.309 e. The van der Waals surface area contributed by atoms with Crippen LogP contribution >= 0.6 is 0 Å². The second kappa shape index (κ2) is 12.7. The lowest BCUT2D eigenvalue weighted by Crippen LogP contribution is -2.15. The van der Waals surface area contributed by atoms with Crippen LogP contribution in [0.2, 0.25) is 0 Å². The zero-order valence-corrected chi connectivity index (χ0v) is 34.7. The summed E-state index contributed by atoms with van der Waals surface area (Å²) in [6.45, 7) is 22.9. The minimum absolute atomic E-state index is 0.0620. The molecular weight excluding hydrogens is 675 g/mol. The van der Waals surface area contributed by atoms with Gasteiger partial charge in [0.1, 0.15) is 0 Å². The average molecular weight is 728 g/mol. The third kappa shape index (κ3) is 5.91. The van der Waals surface area contributed by atoms with Crippen LogP contribution in [0.25, 0.3) is 65.0 Å². The molecule has 9 rings (SSSR count). The molecule has 0 saturated carbocycles. The van der Waals surface area contributed by atoms with Crippen molar-refractivity contribution in [3.05, 3.63) is 162 Å². The number of hydrogen-bond donors (Lipinski definition) is 0. The van der Waals surface area contributed by atoms with Gasteiger partial charge >= 0.3 is 0 Å². The number of aryl methyl sites for hydroxylation is 1.